The summed E-state index contributed by atoms with van der Waals surface area (Å²) in [7, 11) is 0. The number of hydrogen-bond donors (Lipinski definition) is 0. The normalized spacial score (nSPS) is 12.5. The number of hydrogen-bond acceptors (Lipinski definition) is 1. The van der Waals surface area contributed by atoms with Crippen molar-refractivity contribution >= 4 is 60.8 Å². The summed E-state index contributed by atoms with van der Waals surface area (Å²) in [4.78, 5) is 4.55. The van der Waals surface area contributed by atoms with Crippen LogP contribution in [0.25, 0.3) is 65.5 Å². The maximum absolute atomic E-state index is 15.2. The molecule has 0 N–H and O–H groups in total. The van der Waals surface area contributed by atoms with E-state index in [1.807, 2.05) is 54.6 Å². The fourth-order valence-corrected chi connectivity index (χ4v) is 8.51. The molecule has 0 atom stereocenters. The van der Waals surface area contributed by atoms with Gasteiger partial charge in [-0.05, 0) is 22.9 Å². The Morgan fingerprint density at radius 3 is 2.00 bits per heavy atom. The molecule has 0 aliphatic rings. The molecule has 0 saturated heterocycles. The molecular weight excluding hydrogens is 607 g/mol. The molecule has 0 spiro atoms. The molecule has 0 amide bonds. The summed E-state index contributed by atoms with van der Waals surface area (Å²) in [6.45, 7) is 0. The number of rotatable bonds is 3. The van der Waals surface area contributed by atoms with Crippen LogP contribution in [0.3, 0.4) is 0 Å². The van der Waals surface area contributed by atoms with Gasteiger partial charge in [-0.1, -0.05) is 24.3 Å². The molecule has 0 aliphatic carbocycles. The van der Waals surface area contributed by atoms with Crippen molar-refractivity contribution in [2.45, 2.75) is 23.4 Å². The Morgan fingerprint density at radius 1 is 0.581 bits per heavy atom. The molecule has 0 unspecified atom stereocenters. The molecule has 6 heteroatoms. The predicted molar refractivity (Wildman–Crippen MR) is 173 cm³/mol. The minimum atomic E-state index is -4.50. The van der Waals surface area contributed by atoms with Crippen molar-refractivity contribution in [1.29, 1.82) is 0 Å². The molecular formula is C37H27F4GeN. The monoisotopic (exact) mass is 635 g/mol. The van der Waals surface area contributed by atoms with Crippen LogP contribution >= 0.6 is 0 Å². The zero-order valence-electron chi connectivity index (χ0n) is 23.9. The maximum atomic E-state index is 15.2. The first-order valence-electron chi connectivity index (χ1n) is 14.1. The van der Waals surface area contributed by atoms with Gasteiger partial charge in [0.25, 0.3) is 0 Å². The van der Waals surface area contributed by atoms with E-state index in [2.05, 4.69) is 28.3 Å². The Hall–Kier alpha value is -4.23. The molecule has 1 nitrogen and oxygen atoms in total. The van der Waals surface area contributed by atoms with Gasteiger partial charge in [0, 0.05) is 11.8 Å². The molecule has 1 heterocycles. The number of halogens is 4. The van der Waals surface area contributed by atoms with Crippen molar-refractivity contribution < 1.29 is 17.6 Å². The number of aromatic nitrogens is 1. The van der Waals surface area contributed by atoms with Gasteiger partial charge in [0.2, 0.25) is 0 Å². The first-order valence-corrected chi connectivity index (χ1v) is 21.5. The van der Waals surface area contributed by atoms with Crippen LogP contribution in [0.15, 0.2) is 109 Å². The van der Waals surface area contributed by atoms with E-state index in [1.165, 1.54) is 12.1 Å². The van der Waals surface area contributed by atoms with Gasteiger partial charge in [-0.25, -0.2) is 0 Å². The van der Waals surface area contributed by atoms with Gasteiger partial charge in [0.15, 0.2) is 0 Å². The van der Waals surface area contributed by atoms with E-state index in [0.717, 1.165) is 42.3 Å². The van der Waals surface area contributed by atoms with E-state index in [0.29, 0.717) is 22.2 Å². The van der Waals surface area contributed by atoms with Gasteiger partial charge >= 0.3 is 161 Å². The van der Waals surface area contributed by atoms with Crippen molar-refractivity contribution in [3.05, 3.63) is 121 Å². The summed E-state index contributed by atoms with van der Waals surface area (Å²) in [6.07, 6.45) is -2.84. The second-order valence-electron chi connectivity index (χ2n) is 12.1. The van der Waals surface area contributed by atoms with E-state index >= 15 is 4.39 Å². The van der Waals surface area contributed by atoms with Gasteiger partial charge < -0.3 is 0 Å². The Morgan fingerprint density at radius 2 is 1.23 bits per heavy atom. The number of fused-ring (bicyclic) bond motifs is 6. The van der Waals surface area contributed by atoms with E-state index in [-0.39, 0.29) is 11.2 Å². The van der Waals surface area contributed by atoms with Crippen LogP contribution in [0.4, 0.5) is 17.6 Å². The third-order valence-corrected chi connectivity index (χ3v) is 12.6. The Bertz CT molecular complexity index is 2230. The zero-order chi connectivity index (χ0) is 30.1. The SMILES string of the molecule is [CH3][Ge]([CH3])([CH3])[c]1ccc(-c2ccc3c(ccc4c5ccnc(-c6cc(C(F)(F)F)c7ccccc7c6)c5ccc34)c2)c(F)c1. The van der Waals surface area contributed by atoms with Crippen LogP contribution in [0.5, 0.6) is 0 Å². The Kier molecular flexibility index (Phi) is 6.36. The molecule has 212 valence electrons. The van der Waals surface area contributed by atoms with E-state index in [4.69, 9.17) is 0 Å². The number of pyridine rings is 1. The van der Waals surface area contributed by atoms with Crippen molar-refractivity contribution in [2.75, 3.05) is 0 Å². The van der Waals surface area contributed by atoms with Gasteiger partial charge in [-0.2, -0.15) is 13.2 Å². The third kappa shape index (κ3) is 4.76. The topological polar surface area (TPSA) is 12.9 Å². The molecule has 6 aromatic carbocycles. The number of nitrogens with zero attached hydrogens (tertiary/aromatic N) is 1. The Balaban J connectivity index is 1.38. The average molecular weight is 634 g/mol. The summed E-state index contributed by atoms with van der Waals surface area (Å²) >= 11 is -2.15. The first kappa shape index (κ1) is 27.6. The van der Waals surface area contributed by atoms with Crippen molar-refractivity contribution in [2.24, 2.45) is 0 Å². The van der Waals surface area contributed by atoms with Gasteiger partial charge in [-0.3, -0.25) is 4.98 Å². The third-order valence-electron chi connectivity index (χ3n) is 8.35. The summed E-state index contributed by atoms with van der Waals surface area (Å²) in [6, 6.07) is 31.1. The van der Waals surface area contributed by atoms with Gasteiger partial charge in [0.1, 0.15) is 0 Å². The first-order chi connectivity index (χ1) is 20.5. The summed E-state index contributed by atoms with van der Waals surface area (Å²) in [5, 5.41) is 6.37. The van der Waals surface area contributed by atoms with Crippen molar-refractivity contribution in [3.8, 4) is 22.4 Å². The number of alkyl halides is 3. The van der Waals surface area contributed by atoms with E-state index in [9.17, 15) is 13.2 Å². The molecule has 1 aromatic heterocycles. The van der Waals surface area contributed by atoms with Crippen LogP contribution in [-0.2, 0) is 6.18 Å². The molecule has 7 aromatic rings. The molecule has 7 rings (SSSR count). The van der Waals surface area contributed by atoms with E-state index in [1.54, 1.807) is 36.5 Å². The molecule has 0 radical (unpaired) electrons. The predicted octanol–water partition coefficient (Wildman–Crippen LogP) is 10.7. The van der Waals surface area contributed by atoms with Crippen LogP contribution < -0.4 is 4.40 Å². The minimum absolute atomic E-state index is 0.169. The van der Waals surface area contributed by atoms with E-state index < -0.39 is 25.0 Å². The fraction of sp³-hybridized carbons (Fsp3) is 0.108. The van der Waals surface area contributed by atoms with Crippen LogP contribution in [-0.4, -0.2) is 18.3 Å². The van der Waals surface area contributed by atoms with Crippen LogP contribution in [0.2, 0.25) is 17.3 Å². The zero-order valence-corrected chi connectivity index (χ0v) is 25.9. The second kappa shape index (κ2) is 9.92. The molecule has 0 aliphatic heterocycles. The van der Waals surface area contributed by atoms with Crippen LogP contribution in [0, 0.1) is 5.82 Å². The molecule has 0 saturated carbocycles. The summed E-state index contributed by atoms with van der Waals surface area (Å²) in [5.74, 6) is 6.55. The Labute approximate surface area is 249 Å². The van der Waals surface area contributed by atoms with Crippen molar-refractivity contribution in [1.82, 2.24) is 4.98 Å². The van der Waals surface area contributed by atoms with Crippen LogP contribution in [0.1, 0.15) is 5.56 Å². The standard InChI is InChI=1S/C37H27F4GeN/c1-42(2,3)26-10-13-29(35(38)21-26)24-8-11-27-23(18-24)9-12-31-30(27)14-15-33-32(31)16-17-43-36(33)25-19-22-6-4-5-7-28(22)34(20-25)37(39,40)41/h4-21H,1-3H3. The van der Waals surface area contributed by atoms with Crippen molar-refractivity contribution in [3.63, 3.8) is 0 Å². The molecule has 43 heavy (non-hydrogen) atoms. The van der Waals surface area contributed by atoms with Gasteiger partial charge in [-0.15, -0.1) is 0 Å². The quantitative estimate of drug-likeness (QED) is 0.107. The summed E-state index contributed by atoms with van der Waals surface area (Å²) in [5.41, 5.74) is 1.66. The number of benzene rings is 6. The second-order valence-corrected chi connectivity index (χ2v) is 22.8. The van der Waals surface area contributed by atoms with Gasteiger partial charge in [0.05, 0.1) is 11.3 Å². The molecule has 0 fully saturated rings. The molecule has 0 bridgehead atoms. The fourth-order valence-electron chi connectivity index (χ4n) is 6.11. The summed E-state index contributed by atoms with van der Waals surface area (Å²) < 4.78 is 58.5. The average Bonchev–Trinajstić information content (AvgIpc) is 2.98.